The van der Waals surface area contributed by atoms with Crippen LogP contribution in [-0.2, 0) is 11.3 Å². The van der Waals surface area contributed by atoms with Crippen LogP contribution in [0.4, 0.5) is 13.2 Å². The second-order valence-electron chi connectivity index (χ2n) is 7.19. The van der Waals surface area contributed by atoms with Crippen molar-refractivity contribution >= 4 is 17.0 Å². The summed E-state index contributed by atoms with van der Waals surface area (Å²) in [6.07, 6.45) is 2.63. The van der Waals surface area contributed by atoms with E-state index in [9.17, 15) is 22.8 Å². The topological polar surface area (TPSA) is 83.3 Å². The van der Waals surface area contributed by atoms with Gasteiger partial charge in [-0.3, -0.25) is 14.3 Å². The summed E-state index contributed by atoms with van der Waals surface area (Å²) in [5, 5.41) is 0.456. The molecule has 0 N–H and O–H groups in total. The molecule has 0 radical (unpaired) electrons. The molecule has 7 nitrogen and oxygen atoms in total. The molecule has 34 heavy (non-hydrogen) atoms. The summed E-state index contributed by atoms with van der Waals surface area (Å²) in [5.74, 6) is -1.29. The van der Waals surface area contributed by atoms with Crippen LogP contribution in [0.1, 0.15) is 22.8 Å². The van der Waals surface area contributed by atoms with E-state index in [2.05, 4.69) is 14.7 Å². The van der Waals surface area contributed by atoms with Crippen molar-refractivity contribution in [1.29, 1.82) is 0 Å². The maximum Gasteiger partial charge on any atom is 0.387 e. The maximum atomic E-state index is 13.3. The van der Waals surface area contributed by atoms with Gasteiger partial charge in [-0.2, -0.15) is 8.78 Å². The Morgan fingerprint density at radius 2 is 1.82 bits per heavy atom. The lowest BCUT2D eigenvalue weighted by atomic mass is 10.1. The molecule has 0 saturated heterocycles. The van der Waals surface area contributed by atoms with Gasteiger partial charge in [0.1, 0.15) is 22.8 Å². The molecule has 0 amide bonds. The van der Waals surface area contributed by atoms with Crippen molar-refractivity contribution in [1.82, 2.24) is 14.5 Å². The Labute approximate surface area is 191 Å². The Bertz CT molecular complexity index is 1390. The Hall–Kier alpha value is -4.21. The molecule has 174 valence electrons. The SMILES string of the molecule is CCOC(=O)c1cc2cc(-c3ccc(OC(F)F)cn3)cnc2n(Cc2ccc(F)cc2)c1=O. The van der Waals surface area contributed by atoms with E-state index < -0.39 is 24.0 Å². The van der Waals surface area contributed by atoms with Crippen molar-refractivity contribution in [3.8, 4) is 17.0 Å². The average molecular weight is 469 g/mol. The van der Waals surface area contributed by atoms with Crippen molar-refractivity contribution in [2.75, 3.05) is 6.61 Å². The zero-order valence-electron chi connectivity index (χ0n) is 17.9. The number of hydrogen-bond acceptors (Lipinski definition) is 6. The number of carbonyl (C=O) groups is 1. The second-order valence-corrected chi connectivity index (χ2v) is 7.19. The summed E-state index contributed by atoms with van der Waals surface area (Å²) in [7, 11) is 0. The van der Waals surface area contributed by atoms with Crippen molar-refractivity contribution in [3.05, 3.63) is 88.2 Å². The van der Waals surface area contributed by atoms with Gasteiger partial charge < -0.3 is 9.47 Å². The lowest BCUT2D eigenvalue weighted by molar-refractivity contribution is -0.0500. The van der Waals surface area contributed by atoms with E-state index in [-0.39, 0.29) is 24.5 Å². The Morgan fingerprint density at radius 3 is 2.47 bits per heavy atom. The first-order chi connectivity index (χ1) is 16.4. The lowest BCUT2D eigenvalue weighted by Gasteiger charge is -2.13. The average Bonchev–Trinajstić information content (AvgIpc) is 2.82. The molecule has 0 atom stereocenters. The Morgan fingerprint density at radius 1 is 1.06 bits per heavy atom. The molecule has 1 aromatic carbocycles. The van der Waals surface area contributed by atoms with Gasteiger partial charge in [0.25, 0.3) is 5.56 Å². The highest BCUT2D eigenvalue weighted by molar-refractivity contribution is 5.93. The van der Waals surface area contributed by atoms with E-state index >= 15 is 0 Å². The van der Waals surface area contributed by atoms with Gasteiger partial charge in [0.05, 0.1) is 25.0 Å². The summed E-state index contributed by atoms with van der Waals surface area (Å²) >= 11 is 0. The van der Waals surface area contributed by atoms with E-state index in [0.29, 0.717) is 27.9 Å². The first-order valence-corrected chi connectivity index (χ1v) is 10.2. The summed E-state index contributed by atoms with van der Waals surface area (Å²) in [5.41, 5.74) is 1.10. The smallest absolute Gasteiger partial charge is 0.387 e. The number of carbonyl (C=O) groups excluding carboxylic acids is 1. The van der Waals surface area contributed by atoms with Gasteiger partial charge in [-0.1, -0.05) is 12.1 Å². The Balaban J connectivity index is 1.81. The normalized spacial score (nSPS) is 11.1. The van der Waals surface area contributed by atoms with Crippen LogP contribution in [0.5, 0.6) is 5.75 Å². The molecule has 0 aliphatic rings. The minimum atomic E-state index is -2.96. The standard InChI is InChI=1S/C24H18F3N3O4/c1-2-33-23(32)19-10-15-9-16(20-8-7-18(12-28-20)34-24(26)27)11-29-21(15)30(22(19)31)13-14-3-5-17(25)6-4-14/h3-12,24H,2,13H2,1H3. The number of esters is 1. The van der Waals surface area contributed by atoms with E-state index in [4.69, 9.17) is 4.74 Å². The van der Waals surface area contributed by atoms with Gasteiger partial charge in [-0.25, -0.2) is 14.2 Å². The summed E-state index contributed by atoms with van der Waals surface area (Å²) in [6, 6.07) is 11.5. The Kier molecular flexibility index (Phi) is 6.58. The predicted octanol–water partition coefficient (Wildman–Crippen LogP) is 4.42. The van der Waals surface area contributed by atoms with E-state index in [0.717, 1.165) is 6.20 Å². The van der Waals surface area contributed by atoms with Crippen LogP contribution in [0.2, 0.25) is 0 Å². The first kappa shape index (κ1) is 23.0. The first-order valence-electron chi connectivity index (χ1n) is 10.2. The number of ether oxygens (including phenoxy) is 2. The molecular weight excluding hydrogens is 451 g/mol. The highest BCUT2D eigenvalue weighted by Crippen LogP contribution is 2.24. The maximum absolute atomic E-state index is 13.3. The van der Waals surface area contributed by atoms with Crippen LogP contribution >= 0.6 is 0 Å². The van der Waals surface area contributed by atoms with E-state index in [1.807, 2.05) is 0 Å². The van der Waals surface area contributed by atoms with Gasteiger partial charge in [0.2, 0.25) is 0 Å². The number of pyridine rings is 3. The second kappa shape index (κ2) is 9.74. The fourth-order valence-electron chi connectivity index (χ4n) is 3.40. The molecular formula is C24H18F3N3O4. The number of benzene rings is 1. The number of rotatable bonds is 7. The third-order valence-corrected chi connectivity index (χ3v) is 4.93. The molecule has 0 saturated carbocycles. The van der Waals surface area contributed by atoms with Crippen molar-refractivity contribution in [2.24, 2.45) is 0 Å². The van der Waals surface area contributed by atoms with Crippen molar-refractivity contribution in [3.63, 3.8) is 0 Å². The van der Waals surface area contributed by atoms with E-state index in [1.54, 1.807) is 13.0 Å². The summed E-state index contributed by atoms with van der Waals surface area (Å²) in [4.78, 5) is 34.1. The van der Waals surface area contributed by atoms with Crippen LogP contribution < -0.4 is 10.3 Å². The molecule has 0 bridgehead atoms. The number of nitrogens with zero attached hydrogens (tertiary/aromatic N) is 3. The molecule has 3 heterocycles. The molecule has 0 unspecified atom stereocenters. The molecule has 3 aromatic heterocycles. The van der Waals surface area contributed by atoms with E-state index in [1.165, 1.54) is 53.2 Å². The van der Waals surface area contributed by atoms with Crippen LogP contribution in [0.15, 0.2) is 65.7 Å². The van der Waals surface area contributed by atoms with Gasteiger partial charge in [-0.15, -0.1) is 0 Å². The number of halogens is 3. The largest absolute Gasteiger partial charge is 0.462 e. The third-order valence-electron chi connectivity index (χ3n) is 4.93. The molecule has 0 spiro atoms. The molecule has 4 aromatic rings. The monoisotopic (exact) mass is 469 g/mol. The minimum Gasteiger partial charge on any atom is -0.462 e. The molecule has 0 aliphatic carbocycles. The highest BCUT2D eigenvalue weighted by Gasteiger charge is 2.18. The predicted molar refractivity (Wildman–Crippen MR) is 117 cm³/mol. The quantitative estimate of drug-likeness (QED) is 0.373. The molecule has 0 fully saturated rings. The lowest BCUT2D eigenvalue weighted by Crippen LogP contribution is -2.28. The van der Waals surface area contributed by atoms with Crippen LogP contribution in [0.3, 0.4) is 0 Å². The summed E-state index contributed by atoms with van der Waals surface area (Å²) < 4.78 is 48.7. The van der Waals surface area contributed by atoms with Gasteiger partial charge >= 0.3 is 12.6 Å². The van der Waals surface area contributed by atoms with Gasteiger partial charge in [0.15, 0.2) is 0 Å². The van der Waals surface area contributed by atoms with Crippen LogP contribution in [0.25, 0.3) is 22.3 Å². The number of alkyl halides is 2. The molecule has 10 heteroatoms. The van der Waals surface area contributed by atoms with Crippen molar-refractivity contribution in [2.45, 2.75) is 20.1 Å². The summed E-state index contributed by atoms with van der Waals surface area (Å²) in [6.45, 7) is -1.20. The fourth-order valence-corrected chi connectivity index (χ4v) is 3.40. The third kappa shape index (κ3) is 4.90. The zero-order chi connectivity index (χ0) is 24.2. The van der Waals surface area contributed by atoms with Gasteiger partial charge in [0, 0.05) is 17.1 Å². The fraction of sp³-hybridized carbons (Fsp3) is 0.167. The molecule has 0 aliphatic heterocycles. The highest BCUT2D eigenvalue weighted by atomic mass is 19.3. The van der Waals surface area contributed by atoms with Crippen LogP contribution in [0, 0.1) is 5.82 Å². The number of hydrogen-bond donors (Lipinski definition) is 0. The van der Waals surface area contributed by atoms with Gasteiger partial charge in [-0.05, 0) is 48.9 Å². The minimum absolute atomic E-state index is 0.0487. The van der Waals surface area contributed by atoms with Crippen LogP contribution in [-0.4, -0.2) is 33.7 Å². The zero-order valence-corrected chi connectivity index (χ0v) is 17.9. The molecule has 4 rings (SSSR count). The number of aromatic nitrogens is 3. The number of fused-ring (bicyclic) bond motifs is 1. The van der Waals surface area contributed by atoms with Crippen molar-refractivity contribution < 1.29 is 27.4 Å².